The molecule has 5 heteroatoms. The first kappa shape index (κ1) is 19.0. The van der Waals surface area contributed by atoms with E-state index < -0.39 is 0 Å². The Balaban J connectivity index is 1.31. The number of likely N-dealkylation sites (tertiary alicyclic amines) is 1. The van der Waals surface area contributed by atoms with Crippen molar-refractivity contribution in [2.45, 2.75) is 25.8 Å². The molecule has 0 unspecified atom stereocenters. The molecule has 1 fully saturated rings. The van der Waals surface area contributed by atoms with Gasteiger partial charge >= 0.3 is 6.03 Å². The fourth-order valence-corrected chi connectivity index (χ4v) is 3.76. The molecule has 0 bridgehead atoms. The number of rotatable bonds is 5. The van der Waals surface area contributed by atoms with Crippen LogP contribution in [0.25, 0.3) is 10.8 Å². The van der Waals surface area contributed by atoms with Gasteiger partial charge in [-0.3, -0.25) is 4.79 Å². The Kier molecular flexibility index (Phi) is 5.75. The van der Waals surface area contributed by atoms with Crippen molar-refractivity contribution in [2.75, 3.05) is 18.4 Å². The van der Waals surface area contributed by atoms with E-state index >= 15 is 0 Å². The van der Waals surface area contributed by atoms with Gasteiger partial charge in [-0.05, 0) is 46.9 Å². The van der Waals surface area contributed by atoms with Crippen molar-refractivity contribution in [1.29, 1.82) is 0 Å². The molecule has 0 radical (unpaired) electrons. The van der Waals surface area contributed by atoms with E-state index in [4.69, 9.17) is 0 Å². The minimum absolute atomic E-state index is 0.177. The number of fused-ring (bicyclic) bond motifs is 1. The Bertz CT molecular complexity index is 1000. The van der Waals surface area contributed by atoms with Crippen molar-refractivity contribution < 1.29 is 9.59 Å². The van der Waals surface area contributed by atoms with Crippen molar-refractivity contribution in [3.8, 4) is 0 Å². The van der Waals surface area contributed by atoms with Gasteiger partial charge in [-0.1, -0.05) is 54.6 Å². The Morgan fingerprint density at radius 3 is 2.38 bits per heavy atom. The predicted octanol–water partition coefficient (Wildman–Crippen LogP) is 4.33. The number of nitrogens with zero attached hydrogens (tertiary/aromatic N) is 1. The molecule has 148 valence electrons. The summed E-state index contributed by atoms with van der Waals surface area (Å²) in [6.07, 6.45) is 2.61. The van der Waals surface area contributed by atoms with Crippen LogP contribution in [0.15, 0.2) is 66.7 Å². The maximum atomic E-state index is 12.3. The second kappa shape index (κ2) is 8.78. The van der Waals surface area contributed by atoms with Gasteiger partial charge in [0.2, 0.25) is 5.91 Å². The van der Waals surface area contributed by atoms with Crippen molar-refractivity contribution in [2.24, 2.45) is 0 Å². The highest BCUT2D eigenvalue weighted by molar-refractivity contribution is 5.90. The molecule has 0 aromatic heterocycles. The summed E-state index contributed by atoms with van der Waals surface area (Å²) in [6, 6.07) is 21.4. The van der Waals surface area contributed by atoms with E-state index in [0.717, 1.165) is 47.8 Å². The number of nitrogens with one attached hydrogen (secondary N) is 2. The Morgan fingerprint density at radius 2 is 1.59 bits per heavy atom. The van der Waals surface area contributed by atoms with Gasteiger partial charge in [0.05, 0.1) is 6.42 Å². The van der Waals surface area contributed by atoms with Gasteiger partial charge in [-0.15, -0.1) is 0 Å². The van der Waals surface area contributed by atoms with Gasteiger partial charge in [0, 0.05) is 25.3 Å². The van der Waals surface area contributed by atoms with Gasteiger partial charge in [0.15, 0.2) is 0 Å². The van der Waals surface area contributed by atoms with Crippen molar-refractivity contribution in [1.82, 2.24) is 10.2 Å². The van der Waals surface area contributed by atoms with Crippen LogP contribution in [-0.2, 0) is 17.8 Å². The van der Waals surface area contributed by atoms with E-state index in [1.165, 1.54) is 0 Å². The molecule has 1 saturated heterocycles. The zero-order valence-corrected chi connectivity index (χ0v) is 16.4. The lowest BCUT2D eigenvalue weighted by molar-refractivity contribution is -0.129. The Hall–Kier alpha value is -3.34. The van der Waals surface area contributed by atoms with Crippen molar-refractivity contribution >= 4 is 28.4 Å². The van der Waals surface area contributed by atoms with Crippen LogP contribution in [0, 0.1) is 0 Å². The summed E-state index contributed by atoms with van der Waals surface area (Å²) in [7, 11) is 0. The topological polar surface area (TPSA) is 61.4 Å². The van der Waals surface area contributed by atoms with Crippen LogP contribution in [-0.4, -0.2) is 29.9 Å². The third kappa shape index (κ3) is 4.74. The summed E-state index contributed by atoms with van der Waals surface area (Å²) >= 11 is 0. The van der Waals surface area contributed by atoms with Gasteiger partial charge < -0.3 is 15.5 Å². The number of hydrogen-bond acceptors (Lipinski definition) is 2. The second-order valence-corrected chi connectivity index (χ2v) is 7.41. The summed E-state index contributed by atoms with van der Waals surface area (Å²) in [4.78, 5) is 26.4. The van der Waals surface area contributed by atoms with Crippen molar-refractivity contribution in [3.63, 3.8) is 0 Å². The third-order valence-corrected chi connectivity index (χ3v) is 5.35. The SMILES string of the molecule is O=C(NCc1cccc2ccccc12)Nc1ccc(CC(=O)N2CCCC2)cc1. The number of carbonyl (C=O) groups is 2. The second-order valence-electron chi connectivity index (χ2n) is 7.41. The molecule has 1 aliphatic heterocycles. The predicted molar refractivity (Wildman–Crippen MR) is 116 cm³/mol. The zero-order chi connectivity index (χ0) is 20.1. The summed E-state index contributed by atoms with van der Waals surface area (Å²) in [6.45, 7) is 2.19. The summed E-state index contributed by atoms with van der Waals surface area (Å²) in [5, 5.41) is 8.06. The normalized spacial score (nSPS) is 13.4. The van der Waals surface area contributed by atoms with Gasteiger partial charge in [-0.25, -0.2) is 4.79 Å². The van der Waals surface area contributed by atoms with Crippen LogP contribution in [0.5, 0.6) is 0 Å². The molecule has 0 aliphatic carbocycles. The third-order valence-electron chi connectivity index (χ3n) is 5.35. The van der Waals surface area contributed by atoms with E-state index in [1.807, 2.05) is 53.4 Å². The van der Waals surface area contributed by atoms with Crippen LogP contribution < -0.4 is 10.6 Å². The maximum absolute atomic E-state index is 12.3. The average molecular weight is 387 g/mol. The number of hydrogen-bond donors (Lipinski definition) is 2. The number of anilines is 1. The largest absolute Gasteiger partial charge is 0.342 e. The van der Waals surface area contributed by atoms with Crippen LogP contribution in [0.2, 0.25) is 0 Å². The van der Waals surface area contributed by atoms with E-state index in [9.17, 15) is 9.59 Å². The van der Waals surface area contributed by atoms with Crippen LogP contribution in [0.1, 0.15) is 24.0 Å². The molecule has 0 spiro atoms. The molecule has 3 amide bonds. The average Bonchev–Trinajstić information content (AvgIpc) is 3.29. The van der Waals surface area contributed by atoms with Crippen LogP contribution in [0.4, 0.5) is 10.5 Å². The molecule has 29 heavy (non-hydrogen) atoms. The zero-order valence-electron chi connectivity index (χ0n) is 16.4. The van der Waals surface area contributed by atoms with Crippen LogP contribution >= 0.6 is 0 Å². The summed E-state index contributed by atoms with van der Waals surface area (Å²) in [5.74, 6) is 0.177. The number of carbonyl (C=O) groups excluding carboxylic acids is 2. The highest BCUT2D eigenvalue weighted by Crippen LogP contribution is 2.18. The molecular formula is C24H25N3O2. The Morgan fingerprint density at radius 1 is 0.862 bits per heavy atom. The lowest BCUT2D eigenvalue weighted by Crippen LogP contribution is -2.29. The molecule has 5 nitrogen and oxygen atoms in total. The van der Waals surface area contributed by atoms with Gasteiger partial charge in [0.25, 0.3) is 0 Å². The standard InChI is InChI=1S/C24H25N3O2/c28-23(27-14-3-4-15-27)16-18-10-12-21(13-11-18)26-24(29)25-17-20-8-5-7-19-6-1-2-9-22(19)20/h1-2,5-13H,3-4,14-17H2,(H2,25,26,29). The molecule has 0 saturated carbocycles. The first-order valence-electron chi connectivity index (χ1n) is 10.1. The molecule has 3 aromatic carbocycles. The highest BCUT2D eigenvalue weighted by atomic mass is 16.2. The minimum Gasteiger partial charge on any atom is -0.342 e. The molecule has 1 heterocycles. The monoisotopic (exact) mass is 387 g/mol. The lowest BCUT2D eigenvalue weighted by Gasteiger charge is -2.15. The molecule has 0 atom stereocenters. The fraction of sp³-hybridized carbons (Fsp3) is 0.250. The van der Waals surface area contributed by atoms with E-state index in [-0.39, 0.29) is 11.9 Å². The quantitative estimate of drug-likeness (QED) is 0.685. The number of amides is 3. The maximum Gasteiger partial charge on any atom is 0.319 e. The summed E-state index contributed by atoms with van der Waals surface area (Å²) in [5.41, 5.74) is 2.75. The smallest absolute Gasteiger partial charge is 0.319 e. The fourth-order valence-electron chi connectivity index (χ4n) is 3.76. The lowest BCUT2D eigenvalue weighted by atomic mass is 10.0. The molecule has 3 aromatic rings. The molecule has 2 N–H and O–H groups in total. The van der Waals surface area contributed by atoms with E-state index in [0.29, 0.717) is 18.7 Å². The molecule has 4 rings (SSSR count). The van der Waals surface area contributed by atoms with Gasteiger partial charge in [-0.2, -0.15) is 0 Å². The Labute approximate surface area is 170 Å². The first-order valence-corrected chi connectivity index (χ1v) is 10.1. The summed E-state index contributed by atoms with van der Waals surface area (Å²) < 4.78 is 0. The van der Waals surface area contributed by atoms with Crippen LogP contribution in [0.3, 0.4) is 0 Å². The first-order chi connectivity index (χ1) is 14.2. The van der Waals surface area contributed by atoms with Gasteiger partial charge in [0.1, 0.15) is 0 Å². The van der Waals surface area contributed by atoms with E-state index in [1.54, 1.807) is 0 Å². The number of urea groups is 1. The number of benzene rings is 3. The van der Waals surface area contributed by atoms with Crippen molar-refractivity contribution in [3.05, 3.63) is 77.9 Å². The molecule has 1 aliphatic rings. The molecular weight excluding hydrogens is 362 g/mol. The highest BCUT2D eigenvalue weighted by Gasteiger charge is 2.17. The minimum atomic E-state index is -0.251. The van der Waals surface area contributed by atoms with E-state index in [2.05, 4.69) is 28.8 Å².